The molecule has 1 aliphatic rings. The van der Waals surface area contributed by atoms with E-state index in [1.807, 2.05) is 4.90 Å². The van der Waals surface area contributed by atoms with Gasteiger partial charge in [-0.05, 0) is 24.3 Å². The van der Waals surface area contributed by atoms with Crippen molar-refractivity contribution in [3.63, 3.8) is 0 Å². The summed E-state index contributed by atoms with van der Waals surface area (Å²) in [5, 5.41) is 4.03. The second kappa shape index (κ2) is 4.39. The highest BCUT2D eigenvalue weighted by atomic mass is 16.2. The fourth-order valence-corrected chi connectivity index (χ4v) is 2.34. The van der Waals surface area contributed by atoms with Crippen LogP contribution in [0.25, 0.3) is 0 Å². The average Bonchev–Trinajstić information content (AvgIpc) is 2.62. The van der Waals surface area contributed by atoms with E-state index in [1.165, 1.54) is 6.42 Å². The summed E-state index contributed by atoms with van der Waals surface area (Å²) in [6, 6.07) is 1.70. The molecule has 0 aliphatic carbocycles. The van der Waals surface area contributed by atoms with E-state index in [1.54, 1.807) is 16.9 Å². The number of hydrogen-bond donors (Lipinski definition) is 1. The summed E-state index contributed by atoms with van der Waals surface area (Å²) in [5.41, 5.74) is 5.75. The van der Waals surface area contributed by atoms with Crippen LogP contribution in [0.4, 0.5) is 5.82 Å². The molecule has 1 aromatic rings. The summed E-state index contributed by atoms with van der Waals surface area (Å²) < 4.78 is 1.60. The number of anilines is 1. The number of nitrogen functional groups attached to an aromatic ring is 1. The number of likely N-dealkylation sites (tertiary alicyclic amines) is 1. The van der Waals surface area contributed by atoms with Crippen molar-refractivity contribution >= 4 is 11.7 Å². The van der Waals surface area contributed by atoms with Crippen LogP contribution in [0.5, 0.6) is 0 Å². The summed E-state index contributed by atoms with van der Waals surface area (Å²) in [6.45, 7) is 6.39. The second-order valence-corrected chi connectivity index (χ2v) is 5.52. The molecule has 0 spiro atoms. The van der Waals surface area contributed by atoms with E-state index in [0.29, 0.717) is 5.82 Å². The molecular weight excluding hydrogens is 216 g/mol. The van der Waals surface area contributed by atoms with Gasteiger partial charge in [0.1, 0.15) is 12.4 Å². The molecule has 2 rings (SSSR count). The van der Waals surface area contributed by atoms with Crippen LogP contribution in [0.3, 0.4) is 0 Å². The maximum absolute atomic E-state index is 12.1. The first-order valence-electron chi connectivity index (χ1n) is 6.03. The Kier molecular flexibility index (Phi) is 3.09. The third kappa shape index (κ3) is 2.99. The smallest absolute Gasteiger partial charge is 0.244 e. The number of amides is 1. The van der Waals surface area contributed by atoms with Gasteiger partial charge in [0, 0.05) is 19.3 Å². The lowest BCUT2D eigenvalue weighted by atomic mass is 9.84. The van der Waals surface area contributed by atoms with Crippen molar-refractivity contribution in [1.29, 1.82) is 0 Å². The largest absolute Gasteiger partial charge is 0.382 e. The summed E-state index contributed by atoms with van der Waals surface area (Å²) in [6.07, 6.45) is 4.01. The molecule has 0 bridgehead atoms. The van der Waals surface area contributed by atoms with Gasteiger partial charge in [-0.2, -0.15) is 5.10 Å². The van der Waals surface area contributed by atoms with Gasteiger partial charge < -0.3 is 10.6 Å². The first kappa shape index (κ1) is 12.0. The van der Waals surface area contributed by atoms with E-state index < -0.39 is 0 Å². The molecule has 1 aromatic heterocycles. The van der Waals surface area contributed by atoms with Gasteiger partial charge in [0.2, 0.25) is 5.91 Å². The van der Waals surface area contributed by atoms with Gasteiger partial charge in [-0.3, -0.25) is 9.48 Å². The molecule has 0 atom stereocenters. The van der Waals surface area contributed by atoms with Crippen molar-refractivity contribution in [1.82, 2.24) is 14.7 Å². The van der Waals surface area contributed by atoms with Gasteiger partial charge >= 0.3 is 0 Å². The molecule has 0 radical (unpaired) electrons. The molecule has 17 heavy (non-hydrogen) atoms. The zero-order valence-electron chi connectivity index (χ0n) is 10.5. The Morgan fingerprint density at radius 1 is 1.59 bits per heavy atom. The topological polar surface area (TPSA) is 64.2 Å². The summed E-state index contributed by atoms with van der Waals surface area (Å²) in [7, 11) is 0. The molecule has 0 aromatic carbocycles. The summed E-state index contributed by atoms with van der Waals surface area (Å²) >= 11 is 0. The third-order valence-electron chi connectivity index (χ3n) is 3.21. The van der Waals surface area contributed by atoms with Crippen molar-refractivity contribution < 1.29 is 4.79 Å². The van der Waals surface area contributed by atoms with Gasteiger partial charge in [0.05, 0.1) is 0 Å². The maximum Gasteiger partial charge on any atom is 0.244 e. The number of carbonyl (C=O) groups excluding carboxylic acids is 1. The van der Waals surface area contributed by atoms with Crippen LogP contribution >= 0.6 is 0 Å². The molecule has 1 fully saturated rings. The highest BCUT2D eigenvalue weighted by Gasteiger charge is 2.28. The van der Waals surface area contributed by atoms with Crippen molar-refractivity contribution in [3.8, 4) is 0 Å². The third-order valence-corrected chi connectivity index (χ3v) is 3.21. The normalized spacial score (nSPS) is 19.3. The number of nitrogens with zero attached hydrogens (tertiary/aromatic N) is 3. The Hall–Kier alpha value is -1.52. The molecule has 0 unspecified atom stereocenters. The first-order chi connectivity index (χ1) is 7.96. The number of rotatable bonds is 2. The molecule has 5 nitrogen and oxygen atoms in total. The van der Waals surface area contributed by atoms with E-state index in [-0.39, 0.29) is 17.9 Å². The Labute approximate surface area is 102 Å². The lowest BCUT2D eigenvalue weighted by Crippen LogP contribution is -2.44. The van der Waals surface area contributed by atoms with Crippen LogP contribution in [0.15, 0.2) is 12.3 Å². The predicted molar refractivity (Wildman–Crippen MR) is 66.2 cm³/mol. The highest BCUT2D eigenvalue weighted by molar-refractivity contribution is 5.76. The fraction of sp³-hybridized carbons (Fsp3) is 0.667. The molecule has 1 amide bonds. The molecule has 2 N–H and O–H groups in total. The van der Waals surface area contributed by atoms with E-state index in [4.69, 9.17) is 5.73 Å². The van der Waals surface area contributed by atoms with Crippen molar-refractivity contribution in [2.75, 3.05) is 18.8 Å². The Morgan fingerprint density at radius 3 is 2.94 bits per heavy atom. The van der Waals surface area contributed by atoms with Crippen LogP contribution < -0.4 is 5.73 Å². The van der Waals surface area contributed by atoms with Gasteiger partial charge in [-0.1, -0.05) is 13.8 Å². The Balaban J connectivity index is 1.96. The first-order valence-corrected chi connectivity index (χ1v) is 6.03. The van der Waals surface area contributed by atoms with Crippen molar-refractivity contribution in [2.45, 2.75) is 33.2 Å². The fourth-order valence-electron chi connectivity index (χ4n) is 2.34. The highest BCUT2D eigenvalue weighted by Crippen LogP contribution is 2.28. The minimum Gasteiger partial charge on any atom is -0.382 e. The number of aromatic nitrogens is 2. The van der Waals surface area contributed by atoms with Crippen LogP contribution in [0.2, 0.25) is 0 Å². The lowest BCUT2D eigenvalue weighted by Gasteiger charge is -2.38. The Morgan fingerprint density at radius 2 is 2.35 bits per heavy atom. The zero-order chi connectivity index (χ0) is 12.5. The standard InChI is InChI=1S/C12H20N4O/c1-12(2)5-3-6-15(9-12)11(17)8-16-7-4-10(13)14-16/h4,7H,3,5-6,8-9H2,1-2H3,(H2,13,14). The molecule has 2 heterocycles. The quantitative estimate of drug-likeness (QED) is 0.836. The summed E-state index contributed by atoms with van der Waals surface area (Å²) in [5.74, 6) is 0.581. The molecule has 1 saturated heterocycles. The number of hydrogen-bond acceptors (Lipinski definition) is 3. The van der Waals surface area contributed by atoms with Gasteiger partial charge in [0.15, 0.2) is 0 Å². The number of carbonyl (C=O) groups is 1. The van der Waals surface area contributed by atoms with Gasteiger partial charge in [0.25, 0.3) is 0 Å². The maximum atomic E-state index is 12.1. The van der Waals surface area contributed by atoms with Crippen LogP contribution in [0, 0.1) is 5.41 Å². The average molecular weight is 236 g/mol. The van der Waals surface area contributed by atoms with Crippen molar-refractivity contribution in [3.05, 3.63) is 12.3 Å². The predicted octanol–water partition coefficient (Wildman–Crippen LogP) is 1.11. The lowest BCUT2D eigenvalue weighted by molar-refractivity contribution is -0.135. The van der Waals surface area contributed by atoms with Crippen LogP contribution in [-0.2, 0) is 11.3 Å². The minimum absolute atomic E-state index is 0.126. The molecular formula is C12H20N4O. The van der Waals surface area contributed by atoms with Crippen LogP contribution in [0.1, 0.15) is 26.7 Å². The van der Waals surface area contributed by atoms with E-state index in [2.05, 4.69) is 18.9 Å². The SMILES string of the molecule is CC1(C)CCCN(C(=O)Cn2ccc(N)n2)C1. The second-order valence-electron chi connectivity index (χ2n) is 5.52. The van der Waals surface area contributed by atoms with E-state index in [9.17, 15) is 4.79 Å². The Bertz CT molecular complexity index is 410. The van der Waals surface area contributed by atoms with E-state index in [0.717, 1.165) is 19.5 Å². The number of piperidine rings is 1. The molecule has 5 heteroatoms. The molecule has 94 valence electrons. The van der Waals surface area contributed by atoms with Gasteiger partial charge in [-0.25, -0.2) is 0 Å². The van der Waals surface area contributed by atoms with E-state index >= 15 is 0 Å². The minimum atomic E-state index is 0.126. The van der Waals surface area contributed by atoms with Crippen molar-refractivity contribution in [2.24, 2.45) is 5.41 Å². The number of nitrogens with two attached hydrogens (primary N) is 1. The van der Waals surface area contributed by atoms with Crippen LogP contribution in [-0.4, -0.2) is 33.7 Å². The summed E-state index contributed by atoms with van der Waals surface area (Å²) in [4.78, 5) is 14.0. The molecule has 0 saturated carbocycles. The van der Waals surface area contributed by atoms with Gasteiger partial charge in [-0.15, -0.1) is 0 Å². The molecule has 1 aliphatic heterocycles. The monoisotopic (exact) mass is 236 g/mol. The zero-order valence-corrected chi connectivity index (χ0v) is 10.5.